The molecule has 0 aromatic heterocycles. The summed E-state index contributed by atoms with van der Waals surface area (Å²) in [5, 5.41) is 9.57. The molecule has 0 saturated carbocycles. The quantitative estimate of drug-likeness (QED) is 0.263. The number of carboxylic acids is 1. The van der Waals surface area contributed by atoms with Crippen molar-refractivity contribution in [3.8, 4) is 11.5 Å². The first kappa shape index (κ1) is 26.2. The third-order valence-corrected chi connectivity index (χ3v) is 7.46. The van der Waals surface area contributed by atoms with Crippen molar-refractivity contribution in [3.63, 3.8) is 0 Å². The van der Waals surface area contributed by atoms with Crippen LogP contribution in [0.4, 0.5) is 4.39 Å². The van der Waals surface area contributed by atoms with Crippen LogP contribution in [0.1, 0.15) is 42.1 Å². The Morgan fingerprint density at radius 3 is 2.08 bits per heavy atom. The SMILES string of the molecule is NOCc1ccccc1.O=C(O)C1(C(S)c2ccc(Oc3ccc(F)cc3)cc2)C[C@H]2CC[C@@H](C1)O2. The maximum Gasteiger partial charge on any atom is 0.311 e. The molecule has 8 heteroatoms. The van der Waals surface area contributed by atoms with Gasteiger partial charge in [-0.15, -0.1) is 0 Å². The van der Waals surface area contributed by atoms with E-state index in [4.69, 9.17) is 28.0 Å². The van der Waals surface area contributed by atoms with Crippen LogP contribution < -0.4 is 10.6 Å². The van der Waals surface area contributed by atoms with Gasteiger partial charge in [-0.1, -0.05) is 42.5 Å². The van der Waals surface area contributed by atoms with E-state index in [2.05, 4.69) is 4.84 Å². The number of carboxylic acid groups (broad SMARTS) is 1. The number of nitrogens with two attached hydrogens (primary N) is 1. The highest BCUT2D eigenvalue weighted by molar-refractivity contribution is 7.80. The number of hydrogen-bond acceptors (Lipinski definition) is 6. The van der Waals surface area contributed by atoms with Gasteiger partial charge in [-0.3, -0.25) is 9.63 Å². The van der Waals surface area contributed by atoms with Gasteiger partial charge in [0, 0.05) is 5.25 Å². The summed E-state index contributed by atoms with van der Waals surface area (Å²) in [6.45, 7) is 0.487. The Morgan fingerprint density at radius 1 is 1.00 bits per heavy atom. The molecule has 0 radical (unpaired) electrons. The number of thiol groups is 1. The lowest BCUT2D eigenvalue weighted by Crippen LogP contribution is -2.44. The molecule has 2 heterocycles. The molecule has 190 valence electrons. The molecule has 0 amide bonds. The summed E-state index contributed by atoms with van der Waals surface area (Å²) in [7, 11) is 0. The van der Waals surface area contributed by atoms with Crippen LogP contribution in [0.3, 0.4) is 0 Å². The molecule has 6 nitrogen and oxygen atoms in total. The Bertz CT molecular complexity index is 1110. The van der Waals surface area contributed by atoms with Crippen LogP contribution in [0.25, 0.3) is 0 Å². The lowest BCUT2D eigenvalue weighted by molar-refractivity contribution is -0.160. The van der Waals surface area contributed by atoms with Crippen molar-refractivity contribution in [1.82, 2.24) is 0 Å². The van der Waals surface area contributed by atoms with Gasteiger partial charge in [0.15, 0.2) is 0 Å². The first-order valence-corrected chi connectivity index (χ1v) is 12.4. The molecule has 3 aromatic rings. The third-order valence-electron chi connectivity index (χ3n) is 6.67. The third kappa shape index (κ3) is 6.25. The van der Waals surface area contributed by atoms with Crippen LogP contribution in [-0.4, -0.2) is 23.3 Å². The minimum atomic E-state index is -0.924. The minimum Gasteiger partial charge on any atom is -0.481 e. The summed E-state index contributed by atoms with van der Waals surface area (Å²) in [4.78, 5) is 16.6. The van der Waals surface area contributed by atoms with E-state index in [1.165, 1.54) is 12.1 Å². The van der Waals surface area contributed by atoms with Gasteiger partial charge in [-0.2, -0.15) is 12.6 Å². The molecule has 5 rings (SSSR count). The van der Waals surface area contributed by atoms with Crippen molar-refractivity contribution in [2.45, 2.75) is 49.7 Å². The molecule has 2 fully saturated rings. The molecule has 4 atom stereocenters. The number of halogens is 1. The maximum atomic E-state index is 13.0. The second kappa shape index (κ2) is 11.9. The van der Waals surface area contributed by atoms with Crippen LogP contribution in [0, 0.1) is 11.2 Å². The molecular formula is C28H30FNO5S. The Morgan fingerprint density at radius 2 is 1.56 bits per heavy atom. The average molecular weight is 512 g/mol. The van der Waals surface area contributed by atoms with E-state index in [0.717, 1.165) is 24.0 Å². The van der Waals surface area contributed by atoms with Gasteiger partial charge in [-0.25, -0.2) is 10.3 Å². The first-order valence-electron chi connectivity index (χ1n) is 11.9. The molecule has 2 unspecified atom stereocenters. The molecule has 36 heavy (non-hydrogen) atoms. The number of rotatable bonds is 7. The Labute approximate surface area is 215 Å². The zero-order valence-electron chi connectivity index (χ0n) is 19.8. The van der Waals surface area contributed by atoms with Gasteiger partial charge in [0.1, 0.15) is 17.3 Å². The van der Waals surface area contributed by atoms with Crippen LogP contribution >= 0.6 is 12.6 Å². The van der Waals surface area contributed by atoms with Crippen LogP contribution in [0.15, 0.2) is 78.9 Å². The summed E-state index contributed by atoms with van der Waals surface area (Å²) >= 11 is 4.72. The predicted molar refractivity (Wildman–Crippen MR) is 137 cm³/mol. The standard InChI is InChI=1S/C21H21FO4S.C7H9NO/c22-14-3-7-16(8-4-14)25-15-5-1-13(2-6-15)19(27)21(20(23)24)11-17-9-10-18(12-21)26-17;8-9-6-7-4-2-1-3-5-7/h1-8,17-19,27H,9-12H2,(H,23,24);1-5H,6,8H2/t17-,18+,19?,21?;. The van der Waals surface area contributed by atoms with Crippen molar-refractivity contribution in [2.75, 3.05) is 0 Å². The van der Waals surface area contributed by atoms with Gasteiger partial charge < -0.3 is 14.6 Å². The van der Waals surface area contributed by atoms with Crippen LogP contribution in [-0.2, 0) is 21.0 Å². The van der Waals surface area contributed by atoms with E-state index in [0.29, 0.717) is 30.9 Å². The zero-order valence-corrected chi connectivity index (χ0v) is 20.7. The molecular weight excluding hydrogens is 481 g/mol. The lowest BCUT2D eigenvalue weighted by Gasteiger charge is -2.41. The van der Waals surface area contributed by atoms with E-state index in [1.54, 1.807) is 24.3 Å². The molecule has 3 N–H and O–H groups in total. The fourth-order valence-electron chi connectivity index (χ4n) is 4.84. The van der Waals surface area contributed by atoms with E-state index in [9.17, 15) is 14.3 Å². The van der Waals surface area contributed by atoms with E-state index >= 15 is 0 Å². The maximum absolute atomic E-state index is 13.0. The highest BCUT2D eigenvalue weighted by atomic mass is 32.1. The predicted octanol–water partition coefficient (Wildman–Crippen LogP) is 6.08. The highest BCUT2D eigenvalue weighted by Gasteiger charge is 2.53. The van der Waals surface area contributed by atoms with Gasteiger partial charge in [-0.05, 0) is 73.2 Å². The molecule has 2 saturated heterocycles. The number of benzene rings is 3. The van der Waals surface area contributed by atoms with Gasteiger partial charge >= 0.3 is 5.97 Å². The Balaban J connectivity index is 0.000000286. The molecule has 2 bridgehead atoms. The van der Waals surface area contributed by atoms with Gasteiger partial charge in [0.05, 0.1) is 24.2 Å². The topological polar surface area (TPSA) is 91.0 Å². The Kier molecular flexibility index (Phi) is 8.64. The Hall–Kier alpha value is -2.91. The van der Waals surface area contributed by atoms with Crippen molar-refractivity contribution in [1.29, 1.82) is 0 Å². The van der Waals surface area contributed by atoms with Crippen molar-refractivity contribution in [2.24, 2.45) is 11.3 Å². The highest BCUT2D eigenvalue weighted by Crippen LogP contribution is 2.53. The first-order chi connectivity index (χ1) is 17.4. The number of hydrogen-bond donors (Lipinski definition) is 3. The normalized spacial score (nSPS) is 23.3. The number of carbonyl (C=O) groups is 1. The zero-order chi connectivity index (χ0) is 25.5. The fourth-order valence-corrected chi connectivity index (χ4v) is 5.33. The van der Waals surface area contributed by atoms with Crippen molar-refractivity contribution >= 4 is 18.6 Å². The number of aliphatic carboxylic acids is 1. The van der Waals surface area contributed by atoms with E-state index in [1.807, 2.05) is 42.5 Å². The molecule has 3 aromatic carbocycles. The average Bonchev–Trinajstić information content (AvgIpc) is 3.24. The summed E-state index contributed by atoms with van der Waals surface area (Å²) in [6.07, 6.45) is 2.84. The number of fused-ring (bicyclic) bond motifs is 2. The van der Waals surface area contributed by atoms with Crippen molar-refractivity contribution in [3.05, 3.63) is 95.8 Å². The monoisotopic (exact) mass is 511 g/mol. The number of ether oxygens (including phenoxy) is 2. The van der Waals surface area contributed by atoms with Gasteiger partial charge in [0.2, 0.25) is 0 Å². The van der Waals surface area contributed by atoms with E-state index in [-0.39, 0.29) is 18.0 Å². The molecule has 0 aliphatic carbocycles. The van der Waals surface area contributed by atoms with Crippen molar-refractivity contribution < 1.29 is 28.6 Å². The fraction of sp³-hybridized carbons (Fsp3) is 0.321. The lowest BCUT2D eigenvalue weighted by atomic mass is 9.72. The molecule has 0 spiro atoms. The smallest absolute Gasteiger partial charge is 0.311 e. The second-order valence-corrected chi connectivity index (χ2v) is 9.67. The summed E-state index contributed by atoms with van der Waals surface area (Å²) in [5.41, 5.74) is 1.01. The second-order valence-electron chi connectivity index (χ2n) is 9.15. The van der Waals surface area contributed by atoms with E-state index < -0.39 is 16.6 Å². The molecule has 2 aliphatic rings. The van der Waals surface area contributed by atoms with Crippen LogP contribution in [0.2, 0.25) is 0 Å². The summed E-state index contributed by atoms with van der Waals surface area (Å²) < 4.78 is 24.5. The minimum absolute atomic E-state index is 0.00980. The molecule has 2 aliphatic heterocycles. The summed E-state index contributed by atoms with van der Waals surface area (Å²) in [6, 6.07) is 22.8. The largest absolute Gasteiger partial charge is 0.481 e. The summed E-state index contributed by atoms with van der Waals surface area (Å²) in [5.74, 6) is 4.87. The van der Waals surface area contributed by atoms with Crippen LogP contribution in [0.5, 0.6) is 11.5 Å². The van der Waals surface area contributed by atoms with Gasteiger partial charge in [0.25, 0.3) is 0 Å².